The van der Waals surface area contributed by atoms with Crippen LogP contribution in [0.1, 0.15) is 26.3 Å². The van der Waals surface area contributed by atoms with Crippen molar-refractivity contribution in [1.82, 2.24) is 5.32 Å². The number of alkyl halides is 1. The van der Waals surface area contributed by atoms with Crippen LogP contribution in [-0.2, 0) is 6.54 Å². The molecule has 0 aliphatic heterocycles. The molecule has 1 atom stereocenters. The number of phenolic OH excluding ortho intramolecular Hbond substituents is 1. The minimum Gasteiger partial charge on any atom is -0.508 e. The minimum atomic E-state index is -0.118. The molecule has 1 aromatic rings. The fraction of sp³-hybridized carbons (Fsp3) is 0.500. The summed E-state index contributed by atoms with van der Waals surface area (Å²) in [7, 11) is 0. The fourth-order valence-electron chi connectivity index (χ4n) is 1.14. The average molecular weight is 228 g/mol. The van der Waals surface area contributed by atoms with Crippen LogP contribution in [0.2, 0.25) is 0 Å². The third kappa shape index (κ3) is 3.73. The Labute approximate surface area is 96.3 Å². The molecule has 0 heterocycles. The molecule has 2 nitrogen and oxygen atoms in total. The van der Waals surface area contributed by atoms with Crippen molar-refractivity contribution in [1.29, 1.82) is 0 Å². The van der Waals surface area contributed by atoms with Gasteiger partial charge in [-0.2, -0.15) is 0 Å². The third-order valence-corrected chi connectivity index (χ3v) is 3.20. The lowest BCUT2D eigenvalue weighted by molar-refractivity contribution is 0.379. The van der Waals surface area contributed by atoms with Crippen LogP contribution in [0.5, 0.6) is 5.75 Å². The maximum absolute atomic E-state index is 9.30. The average Bonchev–Trinajstić information content (AvgIpc) is 2.15. The van der Waals surface area contributed by atoms with Crippen LogP contribution in [-0.4, -0.2) is 16.0 Å². The van der Waals surface area contributed by atoms with Crippen LogP contribution < -0.4 is 5.32 Å². The molecule has 15 heavy (non-hydrogen) atoms. The summed E-state index contributed by atoms with van der Waals surface area (Å²) < 4.78 is 0. The lowest BCUT2D eigenvalue weighted by atomic mass is 10.0. The summed E-state index contributed by atoms with van der Waals surface area (Å²) in [6, 6.07) is 7.23. The summed E-state index contributed by atoms with van der Waals surface area (Å²) in [4.78, 5) is 0. The van der Waals surface area contributed by atoms with E-state index in [4.69, 9.17) is 11.6 Å². The summed E-state index contributed by atoms with van der Waals surface area (Å²) in [6.07, 6.45) is 0. The van der Waals surface area contributed by atoms with Gasteiger partial charge in [-0.1, -0.05) is 12.1 Å². The normalized spacial score (nSPS) is 13.9. The molecule has 0 aliphatic carbocycles. The zero-order valence-corrected chi connectivity index (χ0v) is 10.2. The molecule has 3 heteroatoms. The molecule has 0 saturated carbocycles. The van der Waals surface area contributed by atoms with Gasteiger partial charge in [-0.3, -0.25) is 0 Å². The monoisotopic (exact) mass is 227 g/mol. The summed E-state index contributed by atoms with van der Waals surface area (Å²) in [6.45, 7) is 6.80. The lowest BCUT2D eigenvalue weighted by Crippen LogP contribution is -2.45. The van der Waals surface area contributed by atoms with Gasteiger partial charge in [-0.15, -0.1) is 11.6 Å². The summed E-state index contributed by atoms with van der Waals surface area (Å²) in [5, 5.41) is 12.7. The molecule has 1 unspecified atom stereocenters. The SMILES string of the molecule is CC(Cl)C(C)(C)NCc1cccc(O)c1. The highest BCUT2D eigenvalue weighted by Gasteiger charge is 2.22. The summed E-state index contributed by atoms with van der Waals surface area (Å²) in [5.74, 6) is 0.297. The number of phenols is 1. The van der Waals surface area contributed by atoms with Gasteiger partial charge in [-0.25, -0.2) is 0 Å². The van der Waals surface area contributed by atoms with Gasteiger partial charge in [0, 0.05) is 17.5 Å². The van der Waals surface area contributed by atoms with E-state index >= 15 is 0 Å². The molecule has 0 fully saturated rings. The quantitative estimate of drug-likeness (QED) is 0.776. The van der Waals surface area contributed by atoms with Crippen LogP contribution in [0, 0.1) is 0 Å². The maximum atomic E-state index is 9.30. The molecule has 2 N–H and O–H groups in total. The van der Waals surface area contributed by atoms with Gasteiger partial charge in [0.15, 0.2) is 0 Å². The van der Waals surface area contributed by atoms with Gasteiger partial charge in [0.1, 0.15) is 5.75 Å². The second-order valence-corrected chi connectivity index (χ2v) is 5.02. The van der Waals surface area contributed by atoms with Crippen molar-refractivity contribution in [2.45, 2.75) is 38.2 Å². The first-order valence-corrected chi connectivity index (χ1v) is 5.52. The Bertz CT molecular complexity index is 323. The van der Waals surface area contributed by atoms with E-state index in [1.807, 2.05) is 19.1 Å². The maximum Gasteiger partial charge on any atom is 0.115 e. The van der Waals surface area contributed by atoms with Crippen molar-refractivity contribution in [2.24, 2.45) is 0 Å². The highest BCUT2D eigenvalue weighted by molar-refractivity contribution is 6.21. The lowest BCUT2D eigenvalue weighted by Gasteiger charge is -2.29. The molecule has 0 aromatic heterocycles. The Kier molecular flexibility index (Phi) is 4.00. The molecule has 0 spiro atoms. The molecule has 0 saturated heterocycles. The first-order valence-electron chi connectivity index (χ1n) is 5.09. The number of halogens is 1. The number of nitrogens with one attached hydrogen (secondary N) is 1. The molecule has 0 radical (unpaired) electrons. The van der Waals surface area contributed by atoms with Crippen LogP contribution in [0.25, 0.3) is 0 Å². The first-order chi connectivity index (χ1) is 6.92. The molecule has 0 amide bonds. The van der Waals surface area contributed by atoms with Crippen molar-refractivity contribution in [2.75, 3.05) is 0 Å². The fourth-order valence-corrected chi connectivity index (χ4v) is 1.21. The molecule has 84 valence electrons. The largest absolute Gasteiger partial charge is 0.508 e. The summed E-state index contributed by atoms with van der Waals surface area (Å²) >= 11 is 6.06. The molecule has 1 aromatic carbocycles. The Morgan fingerprint density at radius 1 is 1.47 bits per heavy atom. The molecule has 1 rings (SSSR count). The number of benzene rings is 1. The molecular formula is C12H18ClNO. The Morgan fingerprint density at radius 2 is 2.13 bits per heavy atom. The van der Waals surface area contributed by atoms with E-state index in [2.05, 4.69) is 19.2 Å². The highest BCUT2D eigenvalue weighted by atomic mass is 35.5. The minimum absolute atomic E-state index is 0.0507. The summed E-state index contributed by atoms with van der Waals surface area (Å²) in [5.41, 5.74) is 0.938. The van der Waals surface area contributed by atoms with Gasteiger partial charge in [0.25, 0.3) is 0 Å². The van der Waals surface area contributed by atoms with E-state index < -0.39 is 0 Å². The van der Waals surface area contributed by atoms with E-state index in [-0.39, 0.29) is 10.9 Å². The second-order valence-electron chi connectivity index (χ2n) is 4.36. The Hall–Kier alpha value is -0.730. The van der Waals surface area contributed by atoms with E-state index in [9.17, 15) is 5.11 Å². The zero-order chi connectivity index (χ0) is 11.5. The van der Waals surface area contributed by atoms with E-state index in [1.54, 1.807) is 12.1 Å². The second kappa shape index (κ2) is 4.86. The van der Waals surface area contributed by atoms with Crippen molar-refractivity contribution < 1.29 is 5.11 Å². The van der Waals surface area contributed by atoms with E-state index in [0.29, 0.717) is 12.3 Å². The zero-order valence-electron chi connectivity index (χ0n) is 9.42. The molecule has 0 bridgehead atoms. The van der Waals surface area contributed by atoms with Gasteiger partial charge in [0.05, 0.1) is 0 Å². The van der Waals surface area contributed by atoms with Crippen LogP contribution >= 0.6 is 11.6 Å². The number of aromatic hydroxyl groups is 1. The third-order valence-electron chi connectivity index (χ3n) is 2.65. The smallest absolute Gasteiger partial charge is 0.115 e. The van der Waals surface area contributed by atoms with Crippen molar-refractivity contribution in [3.63, 3.8) is 0 Å². The van der Waals surface area contributed by atoms with Crippen molar-refractivity contribution >= 4 is 11.6 Å². The number of hydrogen-bond donors (Lipinski definition) is 2. The van der Waals surface area contributed by atoms with Crippen molar-refractivity contribution in [3.05, 3.63) is 29.8 Å². The van der Waals surface area contributed by atoms with Crippen LogP contribution in [0.4, 0.5) is 0 Å². The van der Waals surface area contributed by atoms with E-state index in [0.717, 1.165) is 5.56 Å². The van der Waals surface area contributed by atoms with Crippen LogP contribution in [0.15, 0.2) is 24.3 Å². The Morgan fingerprint density at radius 3 is 2.67 bits per heavy atom. The number of rotatable bonds is 4. The molecule has 0 aliphatic rings. The highest BCUT2D eigenvalue weighted by Crippen LogP contribution is 2.16. The number of hydrogen-bond acceptors (Lipinski definition) is 2. The van der Waals surface area contributed by atoms with Gasteiger partial charge >= 0.3 is 0 Å². The predicted molar refractivity (Wildman–Crippen MR) is 64.3 cm³/mol. The molecular weight excluding hydrogens is 210 g/mol. The van der Waals surface area contributed by atoms with Gasteiger partial charge in [-0.05, 0) is 38.5 Å². The standard InChI is InChI=1S/C12H18ClNO/c1-9(13)12(2,3)14-8-10-5-4-6-11(15)7-10/h4-7,9,14-15H,8H2,1-3H3. The van der Waals surface area contributed by atoms with Crippen molar-refractivity contribution in [3.8, 4) is 5.75 Å². The topological polar surface area (TPSA) is 32.3 Å². The first kappa shape index (κ1) is 12.3. The van der Waals surface area contributed by atoms with Gasteiger partial charge in [0.2, 0.25) is 0 Å². The van der Waals surface area contributed by atoms with E-state index in [1.165, 1.54) is 0 Å². The predicted octanol–water partition coefficient (Wildman–Crippen LogP) is 2.89. The Balaban J connectivity index is 2.57. The van der Waals surface area contributed by atoms with Crippen LogP contribution in [0.3, 0.4) is 0 Å². The van der Waals surface area contributed by atoms with Gasteiger partial charge < -0.3 is 10.4 Å².